The van der Waals surface area contributed by atoms with E-state index in [0.717, 1.165) is 45.0 Å². The van der Waals surface area contributed by atoms with Gasteiger partial charge >= 0.3 is 0 Å². The van der Waals surface area contributed by atoms with Gasteiger partial charge in [0.05, 0.1) is 12.6 Å². The lowest BCUT2D eigenvalue weighted by molar-refractivity contribution is 0.153. The minimum atomic E-state index is 0.257. The third-order valence-corrected chi connectivity index (χ3v) is 6.18. The van der Waals surface area contributed by atoms with E-state index in [4.69, 9.17) is 0 Å². The third kappa shape index (κ3) is 4.42. The van der Waals surface area contributed by atoms with Crippen LogP contribution in [-0.4, -0.2) is 51.3 Å². The van der Waals surface area contributed by atoms with Crippen LogP contribution in [0.15, 0.2) is 47.8 Å². The first kappa shape index (κ1) is 19.1. The Morgan fingerprint density at radius 1 is 1.00 bits per heavy atom. The van der Waals surface area contributed by atoms with Crippen LogP contribution in [-0.2, 0) is 6.54 Å². The lowest BCUT2D eigenvalue weighted by Gasteiger charge is -2.40. The number of tetrazole rings is 1. The highest BCUT2D eigenvalue weighted by atomic mass is 32.1. The van der Waals surface area contributed by atoms with Gasteiger partial charge in [0.15, 0.2) is 5.82 Å². The molecule has 0 radical (unpaired) electrons. The van der Waals surface area contributed by atoms with Crippen molar-refractivity contribution in [3.8, 4) is 0 Å². The SMILES string of the molecule is CC(C)C[C@H](c1nnnn1Cc1cccs1)N1CCN(c2ccccc2)CC1. The molecule has 3 heterocycles. The largest absolute Gasteiger partial charge is 0.369 e. The Balaban J connectivity index is 1.49. The van der Waals surface area contributed by atoms with Crippen LogP contribution in [0.3, 0.4) is 0 Å². The summed E-state index contributed by atoms with van der Waals surface area (Å²) >= 11 is 1.75. The Labute approximate surface area is 170 Å². The second-order valence-corrected chi connectivity index (χ2v) is 8.81. The highest BCUT2D eigenvalue weighted by molar-refractivity contribution is 7.09. The average molecular weight is 397 g/mol. The highest BCUT2D eigenvalue weighted by Gasteiger charge is 2.29. The predicted molar refractivity (Wildman–Crippen MR) is 114 cm³/mol. The fourth-order valence-electron chi connectivity index (χ4n) is 3.91. The molecular formula is C21H28N6S. The van der Waals surface area contributed by atoms with Crippen molar-refractivity contribution in [1.29, 1.82) is 0 Å². The molecular weight excluding hydrogens is 368 g/mol. The summed E-state index contributed by atoms with van der Waals surface area (Å²) in [6, 6.07) is 15.2. The molecule has 0 aliphatic carbocycles. The van der Waals surface area contributed by atoms with Crippen molar-refractivity contribution in [3.63, 3.8) is 0 Å². The number of benzene rings is 1. The molecule has 6 nitrogen and oxygen atoms in total. The van der Waals surface area contributed by atoms with Crippen LogP contribution in [0.1, 0.15) is 37.0 Å². The number of piperazine rings is 1. The molecule has 0 N–H and O–H groups in total. The number of hydrogen-bond acceptors (Lipinski definition) is 6. The van der Waals surface area contributed by atoms with Crippen molar-refractivity contribution in [2.75, 3.05) is 31.1 Å². The molecule has 0 amide bonds. The van der Waals surface area contributed by atoms with E-state index in [1.807, 2.05) is 4.68 Å². The molecule has 3 aromatic rings. The van der Waals surface area contributed by atoms with Gasteiger partial charge in [-0.05, 0) is 46.3 Å². The first-order chi connectivity index (χ1) is 13.7. The highest BCUT2D eigenvalue weighted by Crippen LogP contribution is 2.28. The Bertz CT molecular complexity index is 837. The van der Waals surface area contributed by atoms with Crippen molar-refractivity contribution in [2.45, 2.75) is 32.9 Å². The van der Waals surface area contributed by atoms with Gasteiger partial charge in [0.25, 0.3) is 0 Å². The minimum Gasteiger partial charge on any atom is -0.369 e. The lowest BCUT2D eigenvalue weighted by atomic mass is 10.0. The molecule has 0 spiro atoms. The summed E-state index contributed by atoms with van der Waals surface area (Å²) in [6.45, 7) is 9.42. The van der Waals surface area contributed by atoms with Crippen LogP contribution >= 0.6 is 11.3 Å². The van der Waals surface area contributed by atoms with Gasteiger partial charge < -0.3 is 4.90 Å². The normalized spacial score (nSPS) is 16.6. The molecule has 7 heteroatoms. The molecule has 1 aliphatic heterocycles. The van der Waals surface area contributed by atoms with Crippen LogP contribution in [0.25, 0.3) is 0 Å². The number of para-hydroxylation sites is 1. The molecule has 1 fully saturated rings. The quantitative estimate of drug-likeness (QED) is 0.610. The molecule has 1 aromatic carbocycles. The van der Waals surface area contributed by atoms with Gasteiger partial charge in [-0.25, -0.2) is 4.68 Å². The van der Waals surface area contributed by atoms with Crippen LogP contribution < -0.4 is 4.90 Å². The monoisotopic (exact) mass is 396 g/mol. The maximum atomic E-state index is 4.45. The fraction of sp³-hybridized carbons (Fsp3) is 0.476. The van der Waals surface area contributed by atoms with Gasteiger partial charge in [0, 0.05) is 36.7 Å². The van der Waals surface area contributed by atoms with E-state index in [0.29, 0.717) is 5.92 Å². The molecule has 0 saturated carbocycles. The van der Waals surface area contributed by atoms with Crippen molar-refractivity contribution < 1.29 is 0 Å². The van der Waals surface area contributed by atoms with E-state index < -0.39 is 0 Å². The van der Waals surface area contributed by atoms with E-state index >= 15 is 0 Å². The van der Waals surface area contributed by atoms with Gasteiger partial charge in [0.1, 0.15) is 0 Å². The van der Waals surface area contributed by atoms with E-state index in [2.05, 4.69) is 87.0 Å². The fourth-order valence-corrected chi connectivity index (χ4v) is 4.59. The summed E-state index contributed by atoms with van der Waals surface area (Å²) in [6.07, 6.45) is 1.07. The van der Waals surface area contributed by atoms with Gasteiger partial charge in [-0.15, -0.1) is 16.4 Å². The summed E-state index contributed by atoms with van der Waals surface area (Å²) in [7, 11) is 0. The van der Waals surface area contributed by atoms with Gasteiger partial charge in [-0.2, -0.15) is 0 Å². The molecule has 0 unspecified atom stereocenters. The smallest absolute Gasteiger partial charge is 0.168 e. The topological polar surface area (TPSA) is 50.1 Å². The van der Waals surface area contributed by atoms with Crippen molar-refractivity contribution in [2.24, 2.45) is 5.92 Å². The van der Waals surface area contributed by atoms with Gasteiger partial charge in [0.2, 0.25) is 0 Å². The zero-order chi connectivity index (χ0) is 19.3. The van der Waals surface area contributed by atoms with E-state index in [9.17, 15) is 0 Å². The zero-order valence-electron chi connectivity index (χ0n) is 16.6. The van der Waals surface area contributed by atoms with Crippen LogP contribution in [0.5, 0.6) is 0 Å². The molecule has 28 heavy (non-hydrogen) atoms. The average Bonchev–Trinajstić information content (AvgIpc) is 3.39. The van der Waals surface area contributed by atoms with E-state index in [-0.39, 0.29) is 6.04 Å². The molecule has 148 valence electrons. The number of aromatic nitrogens is 4. The maximum Gasteiger partial charge on any atom is 0.168 e. The summed E-state index contributed by atoms with van der Waals surface area (Å²) < 4.78 is 1.99. The molecule has 1 aliphatic rings. The minimum absolute atomic E-state index is 0.257. The molecule has 0 bridgehead atoms. The Hall–Kier alpha value is -2.25. The molecule has 2 aromatic heterocycles. The molecule has 1 saturated heterocycles. The first-order valence-corrected chi connectivity index (χ1v) is 10.9. The zero-order valence-corrected chi connectivity index (χ0v) is 17.4. The second-order valence-electron chi connectivity index (χ2n) is 7.78. The van der Waals surface area contributed by atoms with E-state index in [1.165, 1.54) is 10.6 Å². The van der Waals surface area contributed by atoms with Crippen molar-refractivity contribution in [1.82, 2.24) is 25.1 Å². The summed E-state index contributed by atoms with van der Waals surface area (Å²) in [5.74, 6) is 1.58. The predicted octanol–water partition coefficient (Wildman–Crippen LogP) is 3.69. The van der Waals surface area contributed by atoms with Crippen LogP contribution in [0, 0.1) is 5.92 Å². The lowest BCUT2D eigenvalue weighted by Crippen LogP contribution is -2.48. The Kier molecular flexibility index (Phi) is 6.02. The van der Waals surface area contributed by atoms with Crippen molar-refractivity contribution >= 4 is 17.0 Å². The second kappa shape index (κ2) is 8.84. The number of hydrogen-bond donors (Lipinski definition) is 0. The summed E-state index contributed by atoms with van der Waals surface area (Å²) in [5.41, 5.74) is 1.31. The number of rotatable bonds is 7. The third-order valence-electron chi connectivity index (χ3n) is 5.31. The molecule has 1 atom stereocenters. The standard InChI is InChI=1S/C21H28N6S/c1-17(2)15-20(21-22-23-24-27(21)16-19-9-6-14-28-19)26-12-10-25(11-13-26)18-7-4-3-5-8-18/h3-9,14,17,20H,10-13,15-16H2,1-2H3/t20-/m1/s1. The Morgan fingerprint density at radius 2 is 1.79 bits per heavy atom. The first-order valence-electron chi connectivity index (χ1n) is 10.0. The number of anilines is 1. The Morgan fingerprint density at radius 3 is 2.46 bits per heavy atom. The summed E-state index contributed by atoms with van der Waals surface area (Å²) in [5, 5.41) is 14.9. The van der Waals surface area contributed by atoms with Gasteiger partial charge in [-0.3, -0.25) is 4.90 Å². The van der Waals surface area contributed by atoms with Crippen LogP contribution in [0.2, 0.25) is 0 Å². The van der Waals surface area contributed by atoms with Crippen LogP contribution in [0.4, 0.5) is 5.69 Å². The van der Waals surface area contributed by atoms with E-state index in [1.54, 1.807) is 11.3 Å². The maximum absolute atomic E-state index is 4.45. The molecule has 4 rings (SSSR count). The van der Waals surface area contributed by atoms with Gasteiger partial charge in [-0.1, -0.05) is 38.1 Å². The summed E-state index contributed by atoms with van der Waals surface area (Å²) in [4.78, 5) is 6.32. The number of thiophene rings is 1. The van der Waals surface area contributed by atoms with Crippen molar-refractivity contribution in [3.05, 3.63) is 58.5 Å². The number of nitrogens with zero attached hydrogens (tertiary/aromatic N) is 6.